The second-order valence-corrected chi connectivity index (χ2v) is 7.89. The molecule has 0 saturated carbocycles. The number of piperidine rings is 1. The molecule has 0 aromatic heterocycles. The molecular weight excluding hydrogens is 350 g/mol. The van der Waals surface area contributed by atoms with Crippen LogP contribution in [0, 0.1) is 5.92 Å². The molecule has 8 heteroatoms. The summed E-state index contributed by atoms with van der Waals surface area (Å²) in [5, 5.41) is 3.33. The van der Waals surface area contributed by atoms with E-state index in [9.17, 15) is 13.2 Å². The summed E-state index contributed by atoms with van der Waals surface area (Å²) in [6.07, 6.45) is 3.11. The van der Waals surface area contributed by atoms with Crippen molar-refractivity contribution in [2.45, 2.75) is 24.2 Å². The van der Waals surface area contributed by atoms with Crippen molar-refractivity contribution in [3.05, 3.63) is 29.8 Å². The molecule has 0 spiro atoms. The van der Waals surface area contributed by atoms with Gasteiger partial charge in [-0.2, -0.15) is 0 Å². The first-order valence-corrected chi connectivity index (χ1v) is 9.40. The van der Waals surface area contributed by atoms with E-state index in [-0.39, 0.29) is 23.2 Å². The van der Waals surface area contributed by atoms with Crippen LogP contribution < -0.4 is 10.0 Å². The number of hydrogen-bond acceptors (Lipinski definition) is 4. The van der Waals surface area contributed by atoms with Crippen LogP contribution in [0.4, 0.5) is 0 Å². The highest BCUT2D eigenvalue weighted by molar-refractivity contribution is 7.89. The van der Waals surface area contributed by atoms with Gasteiger partial charge in [0.25, 0.3) is 5.91 Å². The Kier molecular flexibility index (Phi) is 8.15. The molecule has 1 atom stereocenters. The lowest BCUT2D eigenvalue weighted by atomic mass is 9.96. The summed E-state index contributed by atoms with van der Waals surface area (Å²) < 4.78 is 27.4. The first-order chi connectivity index (χ1) is 10.9. The second-order valence-electron chi connectivity index (χ2n) is 6.13. The Hall–Kier alpha value is -1.15. The Bertz CT molecular complexity index is 644. The molecule has 24 heavy (non-hydrogen) atoms. The molecule has 2 N–H and O–H groups in total. The summed E-state index contributed by atoms with van der Waals surface area (Å²) in [5.74, 6) is 0.309. The van der Waals surface area contributed by atoms with Crippen LogP contribution in [0.2, 0.25) is 0 Å². The third-order valence-corrected chi connectivity index (χ3v) is 5.50. The van der Waals surface area contributed by atoms with Crippen LogP contribution in [0.1, 0.15) is 29.6 Å². The van der Waals surface area contributed by atoms with Crippen LogP contribution in [-0.2, 0) is 10.0 Å². The molecule has 0 radical (unpaired) electrons. The van der Waals surface area contributed by atoms with Crippen LogP contribution in [0.25, 0.3) is 0 Å². The third kappa shape index (κ3) is 5.73. The van der Waals surface area contributed by atoms with Gasteiger partial charge in [0.2, 0.25) is 10.0 Å². The molecule has 1 fully saturated rings. The molecule has 1 saturated heterocycles. The van der Waals surface area contributed by atoms with Crippen molar-refractivity contribution in [3.63, 3.8) is 0 Å². The van der Waals surface area contributed by atoms with Gasteiger partial charge in [-0.05, 0) is 56.5 Å². The maximum atomic E-state index is 12.4. The standard InChI is InChI=1S/C16H25N3O3S.ClH/c1-19(2)16(20)14-6-3-7-15(11-14)23(21,22)18-10-8-13-5-4-9-17-12-13;/h3,6-7,11,13,17-18H,4-5,8-10,12H2,1-2H3;1H. The summed E-state index contributed by atoms with van der Waals surface area (Å²) in [4.78, 5) is 13.5. The zero-order valence-electron chi connectivity index (χ0n) is 14.1. The fourth-order valence-corrected chi connectivity index (χ4v) is 3.80. The van der Waals surface area contributed by atoms with Crippen LogP contribution in [0.3, 0.4) is 0 Å². The molecule has 1 aromatic rings. The Morgan fingerprint density at radius 1 is 1.38 bits per heavy atom. The van der Waals surface area contributed by atoms with Crippen molar-refractivity contribution in [2.75, 3.05) is 33.7 Å². The Labute approximate surface area is 150 Å². The molecule has 1 heterocycles. The first kappa shape index (κ1) is 20.9. The average Bonchev–Trinajstić information content (AvgIpc) is 2.55. The van der Waals surface area contributed by atoms with Gasteiger partial charge in [-0.1, -0.05) is 6.07 Å². The number of nitrogens with zero attached hydrogens (tertiary/aromatic N) is 1. The van der Waals surface area contributed by atoms with Crippen LogP contribution in [0.15, 0.2) is 29.2 Å². The predicted octanol–water partition coefficient (Wildman–Crippen LogP) is 1.48. The molecule has 0 aliphatic carbocycles. The van der Waals surface area contributed by atoms with E-state index in [2.05, 4.69) is 10.0 Å². The van der Waals surface area contributed by atoms with E-state index in [1.54, 1.807) is 26.2 Å². The maximum Gasteiger partial charge on any atom is 0.253 e. The lowest BCUT2D eigenvalue weighted by Crippen LogP contribution is -2.33. The lowest BCUT2D eigenvalue weighted by Gasteiger charge is -2.22. The smallest absolute Gasteiger partial charge is 0.253 e. The summed E-state index contributed by atoms with van der Waals surface area (Å²) in [7, 11) is -0.306. The van der Waals surface area contributed by atoms with Crippen molar-refractivity contribution in [3.8, 4) is 0 Å². The van der Waals surface area contributed by atoms with Gasteiger partial charge in [0.05, 0.1) is 4.90 Å². The van der Waals surface area contributed by atoms with E-state index in [0.29, 0.717) is 18.0 Å². The number of sulfonamides is 1. The zero-order chi connectivity index (χ0) is 16.9. The molecule has 1 amide bonds. The molecule has 2 rings (SSSR count). The van der Waals surface area contributed by atoms with Gasteiger partial charge in [-0.25, -0.2) is 13.1 Å². The largest absolute Gasteiger partial charge is 0.345 e. The number of rotatable bonds is 6. The van der Waals surface area contributed by atoms with Crippen molar-refractivity contribution in [2.24, 2.45) is 5.92 Å². The van der Waals surface area contributed by atoms with Crippen molar-refractivity contribution < 1.29 is 13.2 Å². The number of amides is 1. The third-order valence-electron chi connectivity index (χ3n) is 4.04. The molecule has 1 aromatic carbocycles. The fraction of sp³-hybridized carbons (Fsp3) is 0.562. The van der Waals surface area contributed by atoms with Gasteiger partial charge in [0.15, 0.2) is 0 Å². The van der Waals surface area contributed by atoms with Crippen LogP contribution >= 0.6 is 12.4 Å². The minimum Gasteiger partial charge on any atom is -0.345 e. The Balaban J connectivity index is 0.00000288. The van der Waals surface area contributed by atoms with Crippen LogP contribution in [0.5, 0.6) is 0 Å². The minimum atomic E-state index is -3.58. The fourth-order valence-electron chi connectivity index (χ4n) is 2.71. The van der Waals surface area contributed by atoms with Crippen molar-refractivity contribution in [1.82, 2.24) is 14.9 Å². The van der Waals surface area contributed by atoms with Gasteiger partial charge in [-0.3, -0.25) is 4.79 Å². The molecule has 6 nitrogen and oxygen atoms in total. The van der Waals surface area contributed by atoms with Crippen LogP contribution in [-0.4, -0.2) is 53.0 Å². The van der Waals surface area contributed by atoms with E-state index in [1.165, 1.54) is 17.0 Å². The average molecular weight is 376 g/mol. The summed E-state index contributed by atoms with van der Waals surface area (Å²) in [6, 6.07) is 6.15. The predicted molar refractivity (Wildman–Crippen MR) is 97.1 cm³/mol. The number of benzene rings is 1. The quantitative estimate of drug-likeness (QED) is 0.789. The van der Waals surface area contributed by atoms with E-state index in [4.69, 9.17) is 0 Å². The number of carbonyl (C=O) groups is 1. The normalized spacial score (nSPS) is 17.8. The second kappa shape index (κ2) is 9.36. The summed E-state index contributed by atoms with van der Waals surface area (Å²) in [6.45, 7) is 2.42. The van der Waals surface area contributed by atoms with Crippen molar-refractivity contribution >= 4 is 28.3 Å². The molecule has 136 valence electrons. The molecule has 1 aliphatic heterocycles. The number of carbonyl (C=O) groups excluding carboxylic acids is 1. The van der Waals surface area contributed by atoms with E-state index >= 15 is 0 Å². The number of hydrogen-bond donors (Lipinski definition) is 2. The van der Waals surface area contributed by atoms with Gasteiger partial charge < -0.3 is 10.2 Å². The number of nitrogens with one attached hydrogen (secondary N) is 2. The van der Waals surface area contributed by atoms with Crippen molar-refractivity contribution in [1.29, 1.82) is 0 Å². The van der Waals surface area contributed by atoms with Gasteiger partial charge in [0.1, 0.15) is 0 Å². The van der Waals surface area contributed by atoms with E-state index in [1.807, 2.05) is 0 Å². The van der Waals surface area contributed by atoms with Gasteiger partial charge in [0, 0.05) is 26.2 Å². The van der Waals surface area contributed by atoms with E-state index in [0.717, 1.165) is 32.4 Å². The van der Waals surface area contributed by atoms with Gasteiger partial charge in [-0.15, -0.1) is 12.4 Å². The molecule has 0 bridgehead atoms. The SMILES string of the molecule is CN(C)C(=O)c1cccc(S(=O)(=O)NCCC2CCCNC2)c1.Cl. The van der Waals surface area contributed by atoms with Gasteiger partial charge >= 0.3 is 0 Å². The molecule has 1 aliphatic rings. The monoisotopic (exact) mass is 375 g/mol. The minimum absolute atomic E-state index is 0. The zero-order valence-corrected chi connectivity index (χ0v) is 15.8. The Morgan fingerprint density at radius 2 is 2.12 bits per heavy atom. The summed E-state index contributed by atoms with van der Waals surface area (Å²) >= 11 is 0. The first-order valence-electron chi connectivity index (χ1n) is 7.92. The number of halogens is 1. The maximum absolute atomic E-state index is 12.4. The Morgan fingerprint density at radius 3 is 2.75 bits per heavy atom. The highest BCUT2D eigenvalue weighted by Gasteiger charge is 2.18. The highest BCUT2D eigenvalue weighted by Crippen LogP contribution is 2.15. The lowest BCUT2D eigenvalue weighted by molar-refractivity contribution is 0.0827. The molecular formula is C16H26ClN3O3S. The van der Waals surface area contributed by atoms with E-state index < -0.39 is 10.0 Å². The highest BCUT2D eigenvalue weighted by atomic mass is 35.5. The molecule has 1 unspecified atom stereocenters. The summed E-state index contributed by atoms with van der Waals surface area (Å²) in [5.41, 5.74) is 0.370. The topological polar surface area (TPSA) is 78.5 Å².